The molecule has 0 spiro atoms. The summed E-state index contributed by atoms with van der Waals surface area (Å²) in [5.41, 5.74) is 2.39. The van der Waals surface area contributed by atoms with Crippen molar-refractivity contribution in [1.29, 1.82) is 0 Å². The maximum Gasteiger partial charge on any atom is 0.248 e. The highest BCUT2D eigenvalue weighted by Crippen LogP contribution is 2.60. The van der Waals surface area contributed by atoms with Gasteiger partial charge >= 0.3 is 0 Å². The van der Waals surface area contributed by atoms with Crippen molar-refractivity contribution in [1.82, 2.24) is 10.3 Å². The number of aliphatic hydroxyl groups is 1. The van der Waals surface area contributed by atoms with Crippen molar-refractivity contribution >= 4 is 10.9 Å². The molecule has 4 aliphatic rings. The monoisotopic (exact) mass is 488 g/mol. The molecule has 4 aliphatic carbocycles. The highest BCUT2D eigenvalue weighted by molar-refractivity contribution is 5.87. The van der Waals surface area contributed by atoms with E-state index in [2.05, 4.69) is 34.6 Å². The zero-order chi connectivity index (χ0) is 24.7. The van der Waals surface area contributed by atoms with E-state index >= 15 is 0 Å². The van der Waals surface area contributed by atoms with E-state index in [1.807, 2.05) is 0 Å². The Labute approximate surface area is 211 Å². The van der Waals surface area contributed by atoms with Gasteiger partial charge in [-0.3, -0.25) is 4.79 Å². The number of ether oxygens (including phenoxy) is 1. The number of pyridine rings is 1. The first-order valence-electron chi connectivity index (χ1n) is 13.4. The number of aromatic nitrogens is 1. The van der Waals surface area contributed by atoms with Crippen molar-refractivity contribution in [3.8, 4) is 11.5 Å². The van der Waals surface area contributed by atoms with E-state index in [-0.39, 0.29) is 11.3 Å². The van der Waals surface area contributed by atoms with E-state index in [0.717, 1.165) is 43.1 Å². The van der Waals surface area contributed by atoms with Crippen LogP contribution in [0.15, 0.2) is 53.3 Å². The molecule has 0 saturated heterocycles. The molecule has 0 aliphatic heterocycles. The van der Waals surface area contributed by atoms with Crippen molar-refractivity contribution < 1.29 is 14.9 Å². The Kier molecular flexibility index (Phi) is 6.26. The molecular formula is C30H36N2O4. The second-order valence-electron chi connectivity index (χ2n) is 11.6. The molecule has 6 nitrogen and oxygen atoms in total. The lowest BCUT2D eigenvalue weighted by Crippen LogP contribution is -2.48. The fourth-order valence-corrected chi connectivity index (χ4v) is 7.59. The number of aliphatic hydroxyl groups excluding tert-OH is 1. The van der Waals surface area contributed by atoms with Gasteiger partial charge in [-0.15, -0.1) is 0 Å². The molecule has 1 heterocycles. The van der Waals surface area contributed by atoms with Crippen LogP contribution in [0.4, 0.5) is 0 Å². The van der Waals surface area contributed by atoms with E-state index in [4.69, 9.17) is 4.74 Å². The smallest absolute Gasteiger partial charge is 0.248 e. The molecule has 4 N–H and O–H groups in total. The molecule has 4 bridgehead atoms. The van der Waals surface area contributed by atoms with Crippen LogP contribution in [-0.4, -0.2) is 34.9 Å². The van der Waals surface area contributed by atoms with Gasteiger partial charge < -0.3 is 25.3 Å². The number of aromatic amines is 1. The van der Waals surface area contributed by atoms with Crippen LogP contribution in [0.3, 0.4) is 0 Å². The van der Waals surface area contributed by atoms with Gasteiger partial charge in [0.05, 0.1) is 18.2 Å². The number of hydrogen-bond acceptors (Lipinski definition) is 5. The lowest BCUT2D eigenvalue weighted by Gasteiger charge is -2.56. The highest BCUT2D eigenvalue weighted by atomic mass is 16.5. The standard InChI is InChI=1S/C30H36N2O4/c33-26-7-5-24(25-6-8-28(35)32-29(25)26)27(34)17-31-10-9-19-1-3-23(4-2-19)36-18-30-14-20-11-21(15-30)13-22(12-20)16-30/h1-8,20-22,27,31,33-34H,9-18H2,(H,32,35)/t20?,21?,22?,27-,30?/m0/s1. The third-order valence-electron chi connectivity index (χ3n) is 8.83. The van der Waals surface area contributed by atoms with E-state index in [0.29, 0.717) is 28.4 Å². The zero-order valence-corrected chi connectivity index (χ0v) is 20.7. The second kappa shape index (κ2) is 9.56. The molecule has 36 heavy (non-hydrogen) atoms. The van der Waals surface area contributed by atoms with Crippen LogP contribution in [0.2, 0.25) is 0 Å². The summed E-state index contributed by atoms with van der Waals surface area (Å²) >= 11 is 0. The van der Waals surface area contributed by atoms with Gasteiger partial charge in [0.15, 0.2) is 0 Å². The van der Waals surface area contributed by atoms with Crippen molar-refractivity contribution in [2.75, 3.05) is 19.7 Å². The molecule has 3 aromatic rings. The lowest BCUT2D eigenvalue weighted by atomic mass is 9.50. The average molecular weight is 489 g/mol. The quantitative estimate of drug-likeness (QED) is 0.328. The number of benzene rings is 2. The number of fused-ring (bicyclic) bond motifs is 1. The third kappa shape index (κ3) is 4.76. The second-order valence-corrected chi connectivity index (χ2v) is 11.6. The fraction of sp³-hybridized carbons (Fsp3) is 0.500. The van der Waals surface area contributed by atoms with Crippen molar-refractivity contribution in [3.63, 3.8) is 0 Å². The molecule has 190 valence electrons. The Bertz CT molecular complexity index is 1250. The van der Waals surface area contributed by atoms with Gasteiger partial charge in [0, 0.05) is 23.4 Å². The summed E-state index contributed by atoms with van der Waals surface area (Å²) < 4.78 is 6.31. The van der Waals surface area contributed by atoms with Gasteiger partial charge in [-0.05, 0) is 105 Å². The summed E-state index contributed by atoms with van der Waals surface area (Å²) in [5, 5.41) is 24.7. The van der Waals surface area contributed by atoms with Gasteiger partial charge in [-0.25, -0.2) is 0 Å². The Hall–Kier alpha value is -2.83. The summed E-state index contributed by atoms with van der Waals surface area (Å²) in [6.45, 7) is 1.98. The SMILES string of the molecule is O=c1ccc2c([C@@H](O)CNCCc3ccc(OCC45CC6CC(CC(C6)C4)C5)cc3)ccc(O)c2[nH]1. The largest absolute Gasteiger partial charge is 0.506 e. The molecule has 7 rings (SSSR count). The summed E-state index contributed by atoms with van der Waals surface area (Å²) in [4.78, 5) is 14.2. The first-order valence-corrected chi connectivity index (χ1v) is 13.4. The minimum absolute atomic E-state index is 0.00281. The van der Waals surface area contributed by atoms with Crippen LogP contribution in [-0.2, 0) is 6.42 Å². The van der Waals surface area contributed by atoms with Crippen LogP contribution >= 0.6 is 0 Å². The van der Waals surface area contributed by atoms with E-state index in [1.54, 1.807) is 12.1 Å². The molecule has 2 aromatic carbocycles. The lowest BCUT2D eigenvalue weighted by molar-refractivity contribution is -0.0745. The Morgan fingerprint density at radius 2 is 1.67 bits per heavy atom. The Balaban J connectivity index is 0.984. The van der Waals surface area contributed by atoms with E-state index in [9.17, 15) is 15.0 Å². The van der Waals surface area contributed by atoms with Gasteiger partial charge in [0.25, 0.3) is 0 Å². The van der Waals surface area contributed by atoms with Gasteiger partial charge in [0.2, 0.25) is 5.56 Å². The maximum atomic E-state index is 11.6. The number of phenolic OH excluding ortho intramolecular Hbond substituents is 1. The number of H-pyrrole nitrogens is 1. The molecule has 0 amide bonds. The molecule has 0 unspecified atom stereocenters. The van der Waals surface area contributed by atoms with Crippen LogP contribution in [0, 0.1) is 23.2 Å². The van der Waals surface area contributed by atoms with E-state index in [1.165, 1.54) is 56.2 Å². The summed E-state index contributed by atoms with van der Waals surface area (Å²) in [6.07, 6.45) is 8.60. The summed E-state index contributed by atoms with van der Waals surface area (Å²) in [5.74, 6) is 3.81. The van der Waals surface area contributed by atoms with Gasteiger partial charge in [-0.1, -0.05) is 18.2 Å². The molecule has 0 radical (unpaired) electrons. The molecule has 4 fully saturated rings. The molecule has 1 atom stereocenters. The van der Waals surface area contributed by atoms with Crippen molar-refractivity contribution in [2.45, 2.75) is 51.0 Å². The highest BCUT2D eigenvalue weighted by Gasteiger charge is 2.51. The summed E-state index contributed by atoms with van der Waals surface area (Å²) in [7, 11) is 0. The maximum absolute atomic E-state index is 11.6. The number of hydrogen-bond donors (Lipinski definition) is 4. The number of rotatable bonds is 9. The van der Waals surface area contributed by atoms with Crippen LogP contribution in [0.25, 0.3) is 10.9 Å². The molecule has 6 heteroatoms. The Morgan fingerprint density at radius 1 is 0.972 bits per heavy atom. The minimum Gasteiger partial charge on any atom is -0.506 e. The normalized spacial score (nSPS) is 27.4. The molecular weight excluding hydrogens is 452 g/mol. The first-order chi connectivity index (χ1) is 17.5. The minimum atomic E-state index is -0.751. The predicted molar refractivity (Wildman–Crippen MR) is 140 cm³/mol. The molecule has 4 saturated carbocycles. The number of nitrogens with one attached hydrogen (secondary N) is 2. The average Bonchev–Trinajstić information content (AvgIpc) is 2.86. The van der Waals surface area contributed by atoms with Crippen molar-refractivity contribution in [2.24, 2.45) is 23.2 Å². The first kappa shape index (κ1) is 23.6. The van der Waals surface area contributed by atoms with Crippen molar-refractivity contribution in [3.05, 3.63) is 70.0 Å². The summed E-state index contributed by atoms with van der Waals surface area (Å²) in [6, 6.07) is 14.7. The molecule has 1 aromatic heterocycles. The van der Waals surface area contributed by atoms with Crippen LogP contribution in [0.1, 0.15) is 55.8 Å². The van der Waals surface area contributed by atoms with Crippen LogP contribution < -0.4 is 15.6 Å². The number of aromatic hydroxyl groups is 1. The topological polar surface area (TPSA) is 94.6 Å². The van der Waals surface area contributed by atoms with E-state index < -0.39 is 6.10 Å². The zero-order valence-electron chi connectivity index (χ0n) is 20.7. The predicted octanol–water partition coefficient (Wildman–Crippen LogP) is 4.69. The van der Waals surface area contributed by atoms with Crippen LogP contribution in [0.5, 0.6) is 11.5 Å². The Morgan fingerprint density at radius 3 is 2.36 bits per heavy atom. The fourth-order valence-electron chi connectivity index (χ4n) is 7.59. The van der Waals surface area contributed by atoms with Gasteiger partial charge in [-0.2, -0.15) is 0 Å². The third-order valence-corrected chi connectivity index (χ3v) is 8.83. The van der Waals surface area contributed by atoms with Gasteiger partial charge in [0.1, 0.15) is 11.5 Å². The number of phenols is 1.